The average Bonchev–Trinajstić information content (AvgIpc) is 3.88. The van der Waals surface area contributed by atoms with Gasteiger partial charge in [0.05, 0.1) is 16.5 Å². The Balaban J connectivity index is 1.13. The minimum absolute atomic E-state index is 0.535. The van der Waals surface area contributed by atoms with Crippen molar-refractivity contribution in [3.63, 3.8) is 0 Å². The molecule has 0 fully saturated rings. The fourth-order valence-corrected chi connectivity index (χ4v) is 11.9. The van der Waals surface area contributed by atoms with Crippen molar-refractivity contribution in [2.24, 2.45) is 0 Å². The number of hydrogen-bond donors (Lipinski definition) is 0. The van der Waals surface area contributed by atoms with E-state index in [4.69, 9.17) is 0 Å². The quantitative estimate of drug-likeness (QED) is 0.147. The maximum absolute atomic E-state index is 2.51. The molecule has 0 atom stereocenters. The van der Waals surface area contributed by atoms with Crippen LogP contribution in [0.15, 0.2) is 273 Å². The molecule has 0 saturated heterocycles. The number of rotatable bonds is 8. The predicted octanol–water partition coefficient (Wildman–Crippen LogP) is 16.7. The summed E-state index contributed by atoms with van der Waals surface area (Å²) < 4.78 is 0. The highest BCUT2D eigenvalue weighted by atomic mass is 15.1. The lowest BCUT2D eigenvalue weighted by atomic mass is 9.66. The molecule has 67 heavy (non-hydrogen) atoms. The van der Waals surface area contributed by atoms with E-state index in [1.54, 1.807) is 0 Å². The van der Waals surface area contributed by atoms with Crippen molar-refractivity contribution in [3.8, 4) is 33.4 Å². The number of hydrogen-bond acceptors (Lipinski definition) is 1. The first-order valence-electron chi connectivity index (χ1n) is 23.3. The molecule has 13 rings (SSSR count). The highest BCUT2D eigenvalue weighted by molar-refractivity contribution is 6.09. The van der Waals surface area contributed by atoms with E-state index >= 15 is 0 Å². The summed E-state index contributed by atoms with van der Waals surface area (Å²) >= 11 is 0. The standard InChI is InChI=1S/C66H45N/c1-7-23-46(24-8-1)47-39-41-56-59-45-63(57-36-19-20-37-58(57)64(59)66(61(56)43-47,50-29-13-4-14-30-50)51-31-15-5-16-32-51)67(52-33-17-6-18-34-52)53-40-42-55-54-35-21-22-38-60(54)65(62(55)44-53,48-25-9-2-10-26-48)49-27-11-3-12-28-49/h1-45H. The van der Waals surface area contributed by atoms with Gasteiger partial charge in [0, 0.05) is 16.8 Å². The lowest BCUT2D eigenvalue weighted by Crippen LogP contribution is -2.29. The van der Waals surface area contributed by atoms with Crippen LogP contribution in [0.4, 0.5) is 17.1 Å². The molecule has 1 nitrogen and oxygen atoms in total. The molecule has 0 saturated carbocycles. The van der Waals surface area contributed by atoms with Gasteiger partial charge in [-0.1, -0.05) is 237 Å². The smallest absolute Gasteiger partial charge is 0.0719 e. The summed E-state index contributed by atoms with van der Waals surface area (Å²) in [6.45, 7) is 0. The van der Waals surface area contributed by atoms with Crippen molar-refractivity contribution in [2.45, 2.75) is 10.8 Å². The Labute approximate surface area is 392 Å². The molecule has 1 heteroatoms. The van der Waals surface area contributed by atoms with Crippen LogP contribution < -0.4 is 4.90 Å². The second kappa shape index (κ2) is 15.6. The second-order valence-corrected chi connectivity index (χ2v) is 17.9. The SMILES string of the molecule is c1ccc(-c2ccc3c(c2)C(c2ccccc2)(c2ccccc2)c2c-3cc(N(c3ccccc3)c3ccc4c(c3)C(c3ccccc3)(c3ccccc3)c3ccccc3-4)c3ccccc23)cc1. The number of fused-ring (bicyclic) bond motifs is 8. The average molecular weight is 852 g/mol. The van der Waals surface area contributed by atoms with Crippen LogP contribution in [-0.4, -0.2) is 0 Å². The van der Waals surface area contributed by atoms with Gasteiger partial charge in [0.15, 0.2) is 0 Å². The lowest BCUT2D eigenvalue weighted by molar-refractivity contribution is 0.768. The van der Waals surface area contributed by atoms with E-state index in [2.05, 4.69) is 278 Å². The van der Waals surface area contributed by atoms with Crippen LogP contribution >= 0.6 is 0 Å². The van der Waals surface area contributed by atoms with Crippen molar-refractivity contribution in [1.82, 2.24) is 0 Å². The third-order valence-corrected chi connectivity index (χ3v) is 14.6. The van der Waals surface area contributed by atoms with E-state index < -0.39 is 10.8 Å². The fraction of sp³-hybridized carbons (Fsp3) is 0.0303. The summed E-state index contributed by atoms with van der Waals surface area (Å²) in [6, 6.07) is 101. The maximum atomic E-state index is 2.51. The molecular formula is C66H45N. The van der Waals surface area contributed by atoms with Gasteiger partial charge in [0.25, 0.3) is 0 Å². The first kappa shape index (κ1) is 38.9. The van der Waals surface area contributed by atoms with Gasteiger partial charge in [-0.15, -0.1) is 0 Å². The molecule has 0 aliphatic heterocycles. The van der Waals surface area contributed by atoms with Crippen LogP contribution in [0.25, 0.3) is 44.2 Å². The monoisotopic (exact) mass is 851 g/mol. The molecule has 0 spiro atoms. The van der Waals surface area contributed by atoms with Crippen LogP contribution in [0.1, 0.15) is 44.5 Å². The number of nitrogens with zero attached hydrogens (tertiary/aromatic N) is 1. The zero-order valence-electron chi connectivity index (χ0n) is 36.9. The van der Waals surface area contributed by atoms with Gasteiger partial charge >= 0.3 is 0 Å². The van der Waals surface area contributed by atoms with Crippen LogP contribution in [0.3, 0.4) is 0 Å². The Kier molecular flexibility index (Phi) is 9.05. The first-order chi connectivity index (χ1) is 33.3. The van der Waals surface area contributed by atoms with E-state index in [0.717, 1.165) is 17.1 Å². The lowest BCUT2D eigenvalue weighted by Gasteiger charge is -2.36. The van der Waals surface area contributed by atoms with Gasteiger partial charge in [-0.25, -0.2) is 0 Å². The molecule has 2 aliphatic carbocycles. The molecule has 0 N–H and O–H groups in total. The highest BCUT2D eigenvalue weighted by Crippen LogP contribution is 2.61. The number of benzene rings is 11. The minimum Gasteiger partial charge on any atom is -0.310 e. The van der Waals surface area contributed by atoms with Crippen LogP contribution in [0, 0.1) is 0 Å². The molecule has 11 aromatic rings. The molecule has 0 bridgehead atoms. The molecule has 0 amide bonds. The summed E-state index contributed by atoms with van der Waals surface area (Å²) in [5.74, 6) is 0. The second-order valence-electron chi connectivity index (χ2n) is 17.9. The molecule has 2 aliphatic rings. The topological polar surface area (TPSA) is 3.24 Å². The van der Waals surface area contributed by atoms with Gasteiger partial charge in [0.1, 0.15) is 0 Å². The van der Waals surface area contributed by atoms with Gasteiger partial charge in [-0.3, -0.25) is 0 Å². The molecule has 0 heterocycles. The summed E-state index contributed by atoms with van der Waals surface area (Å²) in [6.07, 6.45) is 0. The van der Waals surface area contributed by atoms with Crippen molar-refractivity contribution in [2.75, 3.05) is 4.90 Å². The van der Waals surface area contributed by atoms with E-state index in [1.165, 1.54) is 88.7 Å². The Morgan fingerprint density at radius 3 is 1.31 bits per heavy atom. The number of anilines is 3. The van der Waals surface area contributed by atoms with E-state index in [9.17, 15) is 0 Å². The zero-order chi connectivity index (χ0) is 44.4. The van der Waals surface area contributed by atoms with Gasteiger partial charge in [0.2, 0.25) is 0 Å². The maximum Gasteiger partial charge on any atom is 0.0719 e. The van der Waals surface area contributed by atoms with E-state index in [1.807, 2.05) is 0 Å². The summed E-state index contributed by atoms with van der Waals surface area (Å²) in [5.41, 5.74) is 19.8. The van der Waals surface area contributed by atoms with Crippen molar-refractivity contribution >= 4 is 27.8 Å². The third-order valence-electron chi connectivity index (χ3n) is 14.6. The van der Waals surface area contributed by atoms with Gasteiger partial charge in [-0.2, -0.15) is 0 Å². The Hall–Kier alpha value is -8.52. The normalized spacial score (nSPS) is 13.6. The Bertz CT molecular complexity index is 3520. The van der Waals surface area contributed by atoms with E-state index in [-0.39, 0.29) is 0 Å². The van der Waals surface area contributed by atoms with Crippen LogP contribution in [0.2, 0.25) is 0 Å². The summed E-state index contributed by atoms with van der Waals surface area (Å²) in [5, 5.41) is 2.43. The Morgan fingerprint density at radius 2 is 0.701 bits per heavy atom. The largest absolute Gasteiger partial charge is 0.310 e. The number of para-hydroxylation sites is 1. The molecule has 0 unspecified atom stereocenters. The summed E-state index contributed by atoms with van der Waals surface area (Å²) in [4.78, 5) is 2.51. The zero-order valence-corrected chi connectivity index (χ0v) is 36.9. The predicted molar refractivity (Wildman–Crippen MR) is 279 cm³/mol. The summed E-state index contributed by atoms with van der Waals surface area (Å²) in [7, 11) is 0. The first-order valence-corrected chi connectivity index (χ1v) is 23.3. The Morgan fingerprint density at radius 1 is 0.254 bits per heavy atom. The van der Waals surface area contributed by atoms with Crippen molar-refractivity contribution in [3.05, 3.63) is 317 Å². The molecule has 11 aromatic carbocycles. The van der Waals surface area contributed by atoms with Crippen LogP contribution in [0.5, 0.6) is 0 Å². The van der Waals surface area contributed by atoms with Crippen LogP contribution in [-0.2, 0) is 10.8 Å². The molecular weight excluding hydrogens is 807 g/mol. The minimum atomic E-state index is -0.599. The molecule has 0 radical (unpaired) electrons. The van der Waals surface area contributed by atoms with Gasteiger partial charge in [-0.05, 0) is 120 Å². The fourth-order valence-electron chi connectivity index (χ4n) is 11.9. The van der Waals surface area contributed by atoms with E-state index in [0.29, 0.717) is 0 Å². The van der Waals surface area contributed by atoms with Crippen molar-refractivity contribution < 1.29 is 0 Å². The molecule has 314 valence electrons. The molecule has 0 aromatic heterocycles. The van der Waals surface area contributed by atoms with Gasteiger partial charge < -0.3 is 4.90 Å². The third kappa shape index (κ3) is 5.75. The van der Waals surface area contributed by atoms with Crippen molar-refractivity contribution in [1.29, 1.82) is 0 Å². The highest BCUT2D eigenvalue weighted by Gasteiger charge is 2.49.